The third-order valence-corrected chi connectivity index (χ3v) is 9.62. The third kappa shape index (κ3) is 3.89. The fourth-order valence-corrected chi connectivity index (χ4v) is 7.41. The van der Waals surface area contributed by atoms with Crippen LogP contribution in [0.5, 0.6) is 11.5 Å². The number of benzene rings is 8. The summed E-state index contributed by atoms with van der Waals surface area (Å²) in [4.78, 5) is 2.31. The SMILES string of the molecule is CC1(C)c2ccccc2Oc2c1cc1cc(-c3ccc(N(c4ccccc4)c4ccccc4)cc3)c3cccc4ccc2c1c43. The summed E-state index contributed by atoms with van der Waals surface area (Å²) < 4.78 is 6.69. The zero-order valence-electron chi connectivity index (χ0n) is 25.3. The molecular weight excluding hydrogens is 546 g/mol. The van der Waals surface area contributed by atoms with Crippen molar-refractivity contribution in [3.63, 3.8) is 0 Å². The highest BCUT2D eigenvalue weighted by Crippen LogP contribution is 2.53. The second-order valence-electron chi connectivity index (χ2n) is 12.6. The molecule has 0 amide bonds. The summed E-state index contributed by atoms with van der Waals surface area (Å²) in [6.45, 7) is 4.63. The van der Waals surface area contributed by atoms with Gasteiger partial charge in [0.25, 0.3) is 0 Å². The number of rotatable bonds is 4. The first-order chi connectivity index (χ1) is 22.1. The Morgan fingerprint density at radius 2 is 1.13 bits per heavy atom. The van der Waals surface area contributed by atoms with E-state index >= 15 is 0 Å². The van der Waals surface area contributed by atoms with Gasteiger partial charge >= 0.3 is 0 Å². The Labute approximate surface area is 263 Å². The number of hydrogen-bond donors (Lipinski definition) is 0. The first kappa shape index (κ1) is 25.9. The lowest BCUT2D eigenvalue weighted by molar-refractivity contribution is 0.423. The maximum Gasteiger partial charge on any atom is 0.139 e. The smallest absolute Gasteiger partial charge is 0.139 e. The summed E-state index contributed by atoms with van der Waals surface area (Å²) in [6.07, 6.45) is 0. The molecule has 0 unspecified atom stereocenters. The molecule has 0 aliphatic carbocycles. The molecule has 1 heterocycles. The van der Waals surface area contributed by atoms with E-state index in [1.807, 2.05) is 0 Å². The predicted molar refractivity (Wildman–Crippen MR) is 189 cm³/mol. The Morgan fingerprint density at radius 1 is 0.489 bits per heavy atom. The molecule has 8 aromatic rings. The lowest BCUT2D eigenvalue weighted by Gasteiger charge is -2.35. The lowest BCUT2D eigenvalue weighted by atomic mass is 9.74. The maximum atomic E-state index is 6.69. The standard InChI is InChI=1S/C43H31NO/c1-43(2)37-18-9-10-19-39(37)45-42-35-25-22-29-12-11-17-34-36(26-30(27-38(42)43)41(35)40(29)34)28-20-23-33(24-21-28)44(31-13-5-3-6-14-31)32-15-7-4-8-16-32/h3-27H,1-2H3. The first-order valence-corrected chi connectivity index (χ1v) is 15.6. The molecule has 2 nitrogen and oxygen atoms in total. The van der Waals surface area contributed by atoms with Crippen LogP contribution in [0.2, 0.25) is 0 Å². The van der Waals surface area contributed by atoms with E-state index in [1.54, 1.807) is 0 Å². The molecule has 0 saturated carbocycles. The Kier molecular flexibility index (Phi) is 5.58. The Hall–Kier alpha value is -5.60. The molecule has 2 heteroatoms. The topological polar surface area (TPSA) is 12.5 Å². The highest BCUT2D eigenvalue weighted by molar-refractivity contribution is 6.27. The normalized spacial score (nSPS) is 13.5. The van der Waals surface area contributed by atoms with Crippen LogP contribution in [0.3, 0.4) is 0 Å². The molecule has 45 heavy (non-hydrogen) atoms. The van der Waals surface area contributed by atoms with Crippen molar-refractivity contribution >= 4 is 49.4 Å². The van der Waals surface area contributed by atoms with Crippen molar-refractivity contribution in [1.82, 2.24) is 0 Å². The van der Waals surface area contributed by atoms with Gasteiger partial charge in [0.2, 0.25) is 0 Å². The summed E-state index contributed by atoms with van der Waals surface area (Å²) in [7, 11) is 0. The summed E-state index contributed by atoms with van der Waals surface area (Å²) in [5, 5.41) is 7.51. The summed E-state index contributed by atoms with van der Waals surface area (Å²) in [6, 6.07) is 54.6. The molecule has 0 saturated heterocycles. The lowest BCUT2D eigenvalue weighted by Crippen LogP contribution is -2.24. The summed E-state index contributed by atoms with van der Waals surface area (Å²) >= 11 is 0. The molecule has 0 fully saturated rings. The van der Waals surface area contributed by atoms with Crippen LogP contribution in [0, 0.1) is 0 Å². The van der Waals surface area contributed by atoms with Crippen molar-refractivity contribution in [2.75, 3.05) is 4.90 Å². The van der Waals surface area contributed by atoms with Crippen molar-refractivity contribution in [2.45, 2.75) is 19.3 Å². The molecule has 9 rings (SSSR count). The zero-order chi connectivity index (χ0) is 30.1. The largest absolute Gasteiger partial charge is 0.456 e. The fourth-order valence-electron chi connectivity index (χ4n) is 7.41. The van der Waals surface area contributed by atoms with Crippen molar-refractivity contribution in [2.24, 2.45) is 0 Å². The van der Waals surface area contributed by atoms with E-state index in [0.29, 0.717) is 0 Å². The van der Waals surface area contributed by atoms with Gasteiger partial charge in [0, 0.05) is 44.4 Å². The average molecular weight is 578 g/mol. The second kappa shape index (κ2) is 9.70. The van der Waals surface area contributed by atoms with Crippen LogP contribution >= 0.6 is 0 Å². The first-order valence-electron chi connectivity index (χ1n) is 15.6. The van der Waals surface area contributed by atoms with Crippen LogP contribution in [0.15, 0.2) is 152 Å². The monoisotopic (exact) mass is 577 g/mol. The Balaban J connectivity index is 1.24. The summed E-state index contributed by atoms with van der Waals surface area (Å²) in [5.41, 5.74) is 8.11. The average Bonchev–Trinajstić information content (AvgIpc) is 3.09. The van der Waals surface area contributed by atoms with Gasteiger partial charge in [0.15, 0.2) is 0 Å². The van der Waals surface area contributed by atoms with Gasteiger partial charge in [-0.05, 0) is 93.3 Å². The quantitative estimate of drug-likeness (QED) is 0.193. The number of para-hydroxylation sites is 3. The van der Waals surface area contributed by atoms with Gasteiger partial charge < -0.3 is 9.64 Å². The van der Waals surface area contributed by atoms with Crippen molar-refractivity contribution in [3.05, 3.63) is 163 Å². The molecule has 1 aliphatic heterocycles. The highest BCUT2D eigenvalue weighted by Gasteiger charge is 2.35. The maximum absolute atomic E-state index is 6.69. The van der Waals surface area contributed by atoms with E-state index in [9.17, 15) is 0 Å². The molecule has 214 valence electrons. The molecule has 0 spiro atoms. The minimum absolute atomic E-state index is 0.186. The minimum Gasteiger partial charge on any atom is -0.456 e. The molecule has 0 N–H and O–H groups in total. The molecule has 1 aliphatic rings. The van der Waals surface area contributed by atoms with Gasteiger partial charge in [-0.15, -0.1) is 0 Å². The van der Waals surface area contributed by atoms with Gasteiger partial charge in [-0.1, -0.05) is 105 Å². The minimum atomic E-state index is -0.186. The van der Waals surface area contributed by atoms with Gasteiger partial charge in [0.05, 0.1) is 0 Å². The molecule has 0 bridgehead atoms. The van der Waals surface area contributed by atoms with E-state index < -0.39 is 0 Å². The number of ether oxygens (including phenoxy) is 1. The van der Waals surface area contributed by atoms with E-state index in [1.165, 1.54) is 54.6 Å². The highest BCUT2D eigenvalue weighted by atomic mass is 16.5. The molecule has 0 radical (unpaired) electrons. The Morgan fingerprint density at radius 3 is 1.87 bits per heavy atom. The van der Waals surface area contributed by atoms with Crippen LogP contribution in [0.4, 0.5) is 17.1 Å². The van der Waals surface area contributed by atoms with Gasteiger partial charge in [-0.2, -0.15) is 0 Å². The van der Waals surface area contributed by atoms with Gasteiger partial charge in [0.1, 0.15) is 11.5 Å². The van der Waals surface area contributed by atoms with Crippen LogP contribution < -0.4 is 9.64 Å². The molecular formula is C43H31NO. The fraction of sp³-hybridized carbons (Fsp3) is 0.0698. The van der Waals surface area contributed by atoms with Crippen molar-refractivity contribution < 1.29 is 4.74 Å². The number of fused-ring (bicyclic) bond motifs is 3. The summed E-state index contributed by atoms with van der Waals surface area (Å²) in [5.74, 6) is 1.93. The van der Waals surface area contributed by atoms with Crippen LogP contribution in [-0.4, -0.2) is 0 Å². The predicted octanol–water partition coefficient (Wildman–Crippen LogP) is 12.2. The third-order valence-electron chi connectivity index (χ3n) is 9.62. The second-order valence-corrected chi connectivity index (χ2v) is 12.6. The van der Waals surface area contributed by atoms with Gasteiger partial charge in [-0.25, -0.2) is 0 Å². The number of nitrogens with zero attached hydrogens (tertiary/aromatic N) is 1. The van der Waals surface area contributed by atoms with Crippen LogP contribution in [-0.2, 0) is 5.41 Å². The number of hydrogen-bond acceptors (Lipinski definition) is 2. The van der Waals surface area contributed by atoms with E-state index in [-0.39, 0.29) is 5.41 Å². The zero-order valence-corrected chi connectivity index (χ0v) is 25.3. The van der Waals surface area contributed by atoms with E-state index in [0.717, 1.165) is 28.6 Å². The van der Waals surface area contributed by atoms with Gasteiger partial charge in [-0.3, -0.25) is 0 Å². The molecule has 0 atom stereocenters. The molecule has 0 aromatic heterocycles. The van der Waals surface area contributed by atoms with Crippen molar-refractivity contribution in [3.8, 4) is 22.6 Å². The number of anilines is 3. The van der Waals surface area contributed by atoms with Crippen LogP contribution in [0.1, 0.15) is 25.0 Å². The van der Waals surface area contributed by atoms with Crippen LogP contribution in [0.25, 0.3) is 43.4 Å². The van der Waals surface area contributed by atoms with Crippen molar-refractivity contribution in [1.29, 1.82) is 0 Å². The van der Waals surface area contributed by atoms with E-state index in [4.69, 9.17) is 4.74 Å². The Bertz CT molecular complexity index is 2320. The molecule has 8 aromatic carbocycles. The van der Waals surface area contributed by atoms with E-state index in [2.05, 4.69) is 170 Å².